The molecule has 0 aromatic heterocycles. The molecular weight excluding hydrogens is 278 g/mol. The zero-order valence-electron chi connectivity index (χ0n) is 11.6. The number of halogens is 2. The molecular formula is C15H14F2N2O2. The van der Waals surface area contributed by atoms with Crippen LogP contribution in [0, 0.1) is 11.6 Å². The molecule has 0 saturated carbocycles. The van der Waals surface area contributed by atoms with Gasteiger partial charge in [0.2, 0.25) is 0 Å². The topological polar surface area (TPSA) is 55.6 Å². The van der Waals surface area contributed by atoms with E-state index in [0.29, 0.717) is 5.56 Å². The summed E-state index contributed by atoms with van der Waals surface area (Å²) in [5.74, 6) is -1.78. The Labute approximate surface area is 120 Å². The first kappa shape index (κ1) is 14.8. The summed E-state index contributed by atoms with van der Waals surface area (Å²) in [6, 6.07) is 7.70. The largest absolute Gasteiger partial charge is 0.455 e. The van der Waals surface area contributed by atoms with E-state index in [2.05, 4.69) is 0 Å². The van der Waals surface area contributed by atoms with Gasteiger partial charge in [-0.3, -0.25) is 4.79 Å². The van der Waals surface area contributed by atoms with Gasteiger partial charge in [-0.25, -0.2) is 8.78 Å². The van der Waals surface area contributed by atoms with Crippen molar-refractivity contribution < 1.29 is 18.3 Å². The van der Waals surface area contributed by atoms with Crippen molar-refractivity contribution in [3.05, 3.63) is 53.6 Å². The summed E-state index contributed by atoms with van der Waals surface area (Å²) < 4.78 is 31.3. The predicted octanol–water partition coefficient (Wildman–Crippen LogP) is 3.04. The second kappa shape index (κ2) is 5.78. The van der Waals surface area contributed by atoms with Gasteiger partial charge in [-0.15, -0.1) is 0 Å². The Morgan fingerprint density at radius 3 is 2.38 bits per heavy atom. The van der Waals surface area contributed by atoms with Crippen LogP contribution in [0.25, 0.3) is 0 Å². The standard InChI is InChI=1S/C15H14F2N2O2/c1-19(2)15(20)9-3-6-14(13(18)7-9)21-10-4-5-11(16)12(17)8-10/h3-8H,18H2,1-2H3. The maximum atomic E-state index is 13.1. The van der Waals surface area contributed by atoms with Crippen LogP contribution < -0.4 is 10.5 Å². The van der Waals surface area contributed by atoms with Crippen LogP contribution in [0.1, 0.15) is 10.4 Å². The first-order valence-corrected chi connectivity index (χ1v) is 6.12. The zero-order chi connectivity index (χ0) is 15.6. The van der Waals surface area contributed by atoms with E-state index >= 15 is 0 Å². The van der Waals surface area contributed by atoms with E-state index in [1.165, 1.54) is 23.1 Å². The van der Waals surface area contributed by atoms with Crippen molar-refractivity contribution in [1.82, 2.24) is 4.90 Å². The van der Waals surface area contributed by atoms with Gasteiger partial charge in [-0.1, -0.05) is 0 Å². The van der Waals surface area contributed by atoms with Crippen molar-refractivity contribution in [3.8, 4) is 11.5 Å². The molecule has 2 rings (SSSR count). The average molecular weight is 292 g/mol. The van der Waals surface area contributed by atoms with Crippen LogP contribution in [0.3, 0.4) is 0 Å². The molecule has 2 aromatic carbocycles. The summed E-state index contributed by atoms with van der Waals surface area (Å²) in [5, 5.41) is 0. The lowest BCUT2D eigenvalue weighted by Gasteiger charge is -2.13. The highest BCUT2D eigenvalue weighted by Gasteiger charge is 2.11. The van der Waals surface area contributed by atoms with E-state index in [9.17, 15) is 13.6 Å². The van der Waals surface area contributed by atoms with E-state index in [1.54, 1.807) is 20.2 Å². The number of carbonyl (C=O) groups excluding carboxylic acids is 1. The van der Waals surface area contributed by atoms with Crippen molar-refractivity contribution in [2.24, 2.45) is 0 Å². The Morgan fingerprint density at radius 1 is 1.10 bits per heavy atom. The minimum absolute atomic E-state index is 0.118. The summed E-state index contributed by atoms with van der Waals surface area (Å²) in [6.45, 7) is 0. The molecule has 1 amide bonds. The molecule has 21 heavy (non-hydrogen) atoms. The molecule has 0 fully saturated rings. The number of amides is 1. The number of ether oxygens (including phenoxy) is 1. The number of carbonyl (C=O) groups is 1. The highest BCUT2D eigenvalue weighted by molar-refractivity contribution is 5.95. The lowest BCUT2D eigenvalue weighted by molar-refractivity contribution is 0.0827. The zero-order valence-corrected chi connectivity index (χ0v) is 11.6. The SMILES string of the molecule is CN(C)C(=O)c1ccc(Oc2ccc(F)c(F)c2)c(N)c1. The number of hydrogen-bond acceptors (Lipinski definition) is 3. The minimum atomic E-state index is -1.01. The Morgan fingerprint density at radius 2 is 1.81 bits per heavy atom. The molecule has 0 bridgehead atoms. The number of benzene rings is 2. The number of nitrogen functional groups attached to an aromatic ring is 1. The highest BCUT2D eigenvalue weighted by atomic mass is 19.2. The van der Waals surface area contributed by atoms with Crippen LogP contribution in [-0.4, -0.2) is 24.9 Å². The number of anilines is 1. The molecule has 110 valence electrons. The number of rotatable bonds is 3. The fourth-order valence-corrected chi connectivity index (χ4v) is 1.70. The molecule has 4 nitrogen and oxygen atoms in total. The van der Waals surface area contributed by atoms with E-state index < -0.39 is 11.6 Å². The summed E-state index contributed by atoms with van der Waals surface area (Å²) in [6.07, 6.45) is 0. The van der Waals surface area contributed by atoms with Crippen LogP contribution in [0.4, 0.5) is 14.5 Å². The first-order valence-electron chi connectivity index (χ1n) is 6.12. The second-order valence-electron chi connectivity index (χ2n) is 4.63. The summed E-state index contributed by atoms with van der Waals surface area (Å²) in [4.78, 5) is 13.2. The van der Waals surface area contributed by atoms with Crippen molar-refractivity contribution in [2.75, 3.05) is 19.8 Å². The lowest BCUT2D eigenvalue weighted by atomic mass is 10.1. The molecule has 0 heterocycles. The molecule has 6 heteroatoms. The van der Waals surface area contributed by atoms with Gasteiger partial charge in [0.15, 0.2) is 11.6 Å². The minimum Gasteiger partial charge on any atom is -0.455 e. The van der Waals surface area contributed by atoms with Crippen LogP contribution in [-0.2, 0) is 0 Å². The molecule has 0 aliphatic carbocycles. The van der Waals surface area contributed by atoms with Gasteiger partial charge in [0.25, 0.3) is 5.91 Å². The van der Waals surface area contributed by atoms with Crippen LogP contribution >= 0.6 is 0 Å². The number of hydrogen-bond donors (Lipinski definition) is 1. The van der Waals surface area contributed by atoms with Crippen LogP contribution in [0.2, 0.25) is 0 Å². The van der Waals surface area contributed by atoms with Gasteiger partial charge >= 0.3 is 0 Å². The molecule has 2 aromatic rings. The van der Waals surface area contributed by atoms with E-state index in [4.69, 9.17) is 10.5 Å². The molecule has 0 unspecified atom stereocenters. The van der Waals surface area contributed by atoms with Crippen molar-refractivity contribution in [2.45, 2.75) is 0 Å². The third-order valence-electron chi connectivity index (χ3n) is 2.78. The molecule has 0 saturated heterocycles. The van der Waals surface area contributed by atoms with E-state index in [-0.39, 0.29) is 23.1 Å². The van der Waals surface area contributed by atoms with Gasteiger partial charge in [-0.05, 0) is 30.3 Å². The Balaban J connectivity index is 2.25. The molecule has 2 N–H and O–H groups in total. The molecule has 0 atom stereocenters. The van der Waals surface area contributed by atoms with Crippen molar-refractivity contribution >= 4 is 11.6 Å². The normalized spacial score (nSPS) is 10.3. The first-order chi connectivity index (χ1) is 9.88. The second-order valence-corrected chi connectivity index (χ2v) is 4.63. The average Bonchev–Trinajstić information content (AvgIpc) is 2.44. The third-order valence-corrected chi connectivity index (χ3v) is 2.78. The number of nitrogens with two attached hydrogens (primary N) is 1. The Hall–Kier alpha value is -2.63. The smallest absolute Gasteiger partial charge is 0.253 e. The van der Waals surface area contributed by atoms with Gasteiger partial charge in [-0.2, -0.15) is 0 Å². The molecule has 0 aliphatic heterocycles. The molecule has 0 radical (unpaired) electrons. The van der Waals surface area contributed by atoms with Gasteiger partial charge in [0.1, 0.15) is 11.5 Å². The van der Waals surface area contributed by atoms with Gasteiger partial charge in [0.05, 0.1) is 5.69 Å². The van der Waals surface area contributed by atoms with E-state index in [0.717, 1.165) is 12.1 Å². The summed E-state index contributed by atoms with van der Waals surface area (Å²) >= 11 is 0. The fraction of sp³-hybridized carbons (Fsp3) is 0.133. The Kier molecular flexibility index (Phi) is 4.07. The predicted molar refractivity (Wildman–Crippen MR) is 75.3 cm³/mol. The monoisotopic (exact) mass is 292 g/mol. The highest BCUT2D eigenvalue weighted by Crippen LogP contribution is 2.29. The van der Waals surface area contributed by atoms with Crippen molar-refractivity contribution in [1.29, 1.82) is 0 Å². The van der Waals surface area contributed by atoms with Crippen LogP contribution in [0.5, 0.6) is 11.5 Å². The van der Waals surface area contributed by atoms with Crippen LogP contribution in [0.15, 0.2) is 36.4 Å². The quantitative estimate of drug-likeness (QED) is 0.885. The van der Waals surface area contributed by atoms with Gasteiger partial charge in [0, 0.05) is 25.7 Å². The lowest BCUT2D eigenvalue weighted by Crippen LogP contribution is -2.21. The summed E-state index contributed by atoms with van der Waals surface area (Å²) in [7, 11) is 3.26. The molecule has 0 aliphatic rings. The van der Waals surface area contributed by atoms with Crippen molar-refractivity contribution in [3.63, 3.8) is 0 Å². The summed E-state index contributed by atoms with van der Waals surface area (Å²) in [5.41, 5.74) is 6.45. The third kappa shape index (κ3) is 3.28. The maximum absolute atomic E-state index is 13.1. The fourth-order valence-electron chi connectivity index (χ4n) is 1.70. The van der Waals surface area contributed by atoms with Gasteiger partial charge < -0.3 is 15.4 Å². The van der Waals surface area contributed by atoms with E-state index in [1.807, 2.05) is 0 Å². The number of nitrogens with zero attached hydrogens (tertiary/aromatic N) is 1. The molecule has 0 spiro atoms. The maximum Gasteiger partial charge on any atom is 0.253 e. The Bertz CT molecular complexity index is 687.